The van der Waals surface area contributed by atoms with Gasteiger partial charge < -0.3 is 10.4 Å². The molecule has 0 bridgehead atoms. The van der Waals surface area contributed by atoms with Crippen LogP contribution in [0.2, 0.25) is 5.02 Å². The number of amides is 1. The quantitative estimate of drug-likeness (QED) is 0.631. The molecule has 0 aromatic heterocycles. The van der Waals surface area contributed by atoms with Gasteiger partial charge in [0.1, 0.15) is 0 Å². The largest absolute Gasteiger partial charge is 0.396 e. The molecule has 0 aliphatic rings. The van der Waals surface area contributed by atoms with Crippen LogP contribution in [0.5, 0.6) is 0 Å². The predicted octanol–water partition coefficient (Wildman–Crippen LogP) is 1.73. The zero-order valence-corrected chi connectivity index (χ0v) is 9.02. The third kappa shape index (κ3) is 3.15. The third-order valence-electron chi connectivity index (χ3n) is 1.88. The van der Waals surface area contributed by atoms with E-state index >= 15 is 0 Å². The summed E-state index contributed by atoms with van der Waals surface area (Å²) in [4.78, 5) is 11.4. The van der Waals surface area contributed by atoms with E-state index in [4.69, 9.17) is 16.7 Å². The van der Waals surface area contributed by atoms with Crippen LogP contribution in [0.3, 0.4) is 0 Å². The van der Waals surface area contributed by atoms with Crippen LogP contribution in [0.4, 0.5) is 8.78 Å². The van der Waals surface area contributed by atoms with E-state index in [1.807, 2.05) is 0 Å². The predicted molar refractivity (Wildman–Crippen MR) is 55.4 cm³/mol. The van der Waals surface area contributed by atoms with Gasteiger partial charge in [-0.05, 0) is 18.6 Å². The van der Waals surface area contributed by atoms with Crippen LogP contribution in [-0.2, 0) is 0 Å². The van der Waals surface area contributed by atoms with Crippen molar-refractivity contribution in [2.75, 3.05) is 13.2 Å². The van der Waals surface area contributed by atoms with Crippen molar-refractivity contribution in [3.8, 4) is 0 Å². The molecule has 0 atom stereocenters. The highest BCUT2D eigenvalue weighted by Crippen LogP contribution is 2.19. The van der Waals surface area contributed by atoms with Crippen molar-refractivity contribution in [1.29, 1.82) is 0 Å². The van der Waals surface area contributed by atoms with Crippen molar-refractivity contribution >= 4 is 17.5 Å². The Bertz CT molecular complexity index is 399. The van der Waals surface area contributed by atoms with Crippen molar-refractivity contribution in [3.05, 3.63) is 34.4 Å². The topological polar surface area (TPSA) is 49.3 Å². The lowest BCUT2D eigenvalue weighted by atomic mass is 10.2. The van der Waals surface area contributed by atoms with E-state index in [0.717, 1.165) is 12.1 Å². The first-order chi connectivity index (χ1) is 7.56. The number of hydrogen-bond donors (Lipinski definition) is 2. The fraction of sp³-hybridized carbons (Fsp3) is 0.300. The first-order valence-corrected chi connectivity index (χ1v) is 4.97. The summed E-state index contributed by atoms with van der Waals surface area (Å²) in [6, 6.07) is 1.49. The van der Waals surface area contributed by atoms with Crippen LogP contribution < -0.4 is 5.32 Å². The van der Waals surface area contributed by atoms with Crippen LogP contribution in [0, 0.1) is 11.6 Å². The standard InChI is InChI=1S/C10H10ClF2NO2/c11-7-5-9(13)8(12)4-6(7)10(16)14-2-1-3-15/h4-5,15H,1-3H2,(H,14,16). The van der Waals surface area contributed by atoms with Gasteiger partial charge in [-0.3, -0.25) is 4.79 Å². The Morgan fingerprint density at radius 1 is 1.38 bits per heavy atom. The normalized spacial score (nSPS) is 10.2. The van der Waals surface area contributed by atoms with Gasteiger partial charge in [-0.2, -0.15) is 0 Å². The third-order valence-corrected chi connectivity index (χ3v) is 2.19. The summed E-state index contributed by atoms with van der Waals surface area (Å²) in [6.45, 7) is 0.177. The number of aliphatic hydroxyl groups is 1. The van der Waals surface area contributed by atoms with Gasteiger partial charge in [-0.25, -0.2) is 8.78 Å². The first-order valence-electron chi connectivity index (χ1n) is 4.60. The number of carbonyl (C=O) groups is 1. The van der Waals surface area contributed by atoms with Gasteiger partial charge in [-0.15, -0.1) is 0 Å². The number of benzene rings is 1. The van der Waals surface area contributed by atoms with E-state index in [-0.39, 0.29) is 23.7 Å². The average Bonchev–Trinajstić information content (AvgIpc) is 2.23. The summed E-state index contributed by atoms with van der Waals surface area (Å²) in [5, 5.41) is 10.8. The molecule has 16 heavy (non-hydrogen) atoms. The SMILES string of the molecule is O=C(NCCCO)c1cc(F)c(F)cc1Cl. The number of hydrogen-bond acceptors (Lipinski definition) is 2. The summed E-state index contributed by atoms with van der Waals surface area (Å²) in [7, 11) is 0. The molecule has 3 nitrogen and oxygen atoms in total. The van der Waals surface area contributed by atoms with Gasteiger partial charge >= 0.3 is 0 Å². The lowest BCUT2D eigenvalue weighted by molar-refractivity contribution is 0.0950. The van der Waals surface area contributed by atoms with Crippen LogP contribution in [0.1, 0.15) is 16.8 Å². The Morgan fingerprint density at radius 2 is 2.00 bits per heavy atom. The van der Waals surface area contributed by atoms with Gasteiger partial charge in [0.05, 0.1) is 10.6 Å². The van der Waals surface area contributed by atoms with Crippen LogP contribution in [-0.4, -0.2) is 24.2 Å². The van der Waals surface area contributed by atoms with Gasteiger partial charge in [0.15, 0.2) is 11.6 Å². The van der Waals surface area contributed by atoms with Crippen LogP contribution in [0.15, 0.2) is 12.1 Å². The summed E-state index contributed by atoms with van der Waals surface area (Å²) >= 11 is 5.59. The molecule has 0 saturated heterocycles. The zero-order chi connectivity index (χ0) is 12.1. The lowest BCUT2D eigenvalue weighted by Crippen LogP contribution is -2.25. The van der Waals surface area contributed by atoms with E-state index in [1.54, 1.807) is 0 Å². The second-order valence-electron chi connectivity index (χ2n) is 3.08. The molecule has 0 heterocycles. The second-order valence-corrected chi connectivity index (χ2v) is 3.49. The molecule has 0 radical (unpaired) electrons. The number of nitrogens with one attached hydrogen (secondary N) is 1. The second kappa shape index (κ2) is 5.77. The van der Waals surface area contributed by atoms with Gasteiger partial charge in [0.2, 0.25) is 0 Å². The maximum Gasteiger partial charge on any atom is 0.252 e. The van der Waals surface area contributed by atoms with Crippen molar-refractivity contribution < 1.29 is 18.7 Å². The van der Waals surface area contributed by atoms with Gasteiger partial charge in [0, 0.05) is 13.2 Å². The summed E-state index contributed by atoms with van der Waals surface area (Å²) < 4.78 is 25.6. The van der Waals surface area contributed by atoms with Gasteiger partial charge in [-0.1, -0.05) is 11.6 Å². The molecule has 0 spiro atoms. The molecule has 0 fully saturated rings. The number of rotatable bonds is 4. The molecule has 0 aliphatic heterocycles. The molecular formula is C10H10ClF2NO2. The van der Waals surface area contributed by atoms with Crippen molar-refractivity contribution in [1.82, 2.24) is 5.32 Å². The number of aliphatic hydroxyl groups excluding tert-OH is 1. The lowest BCUT2D eigenvalue weighted by Gasteiger charge is -2.06. The van der Waals surface area contributed by atoms with E-state index in [1.165, 1.54) is 0 Å². The summed E-state index contributed by atoms with van der Waals surface area (Å²) in [5.41, 5.74) is -0.126. The Morgan fingerprint density at radius 3 is 2.62 bits per heavy atom. The number of halogens is 3. The Balaban J connectivity index is 2.79. The summed E-state index contributed by atoms with van der Waals surface area (Å²) in [6.07, 6.45) is 0.382. The van der Waals surface area contributed by atoms with Crippen molar-refractivity contribution in [2.24, 2.45) is 0 Å². The highest BCUT2D eigenvalue weighted by molar-refractivity contribution is 6.33. The van der Waals surface area contributed by atoms with E-state index < -0.39 is 17.5 Å². The molecule has 0 saturated carbocycles. The summed E-state index contributed by atoms with van der Waals surface area (Å²) in [5.74, 6) is -2.83. The molecule has 0 unspecified atom stereocenters. The molecule has 6 heteroatoms. The number of carbonyl (C=O) groups excluding carboxylic acids is 1. The Hall–Kier alpha value is -1.20. The van der Waals surface area contributed by atoms with Crippen molar-refractivity contribution in [2.45, 2.75) is 6.42 Å². The van der Waals surface area contributed by atoms with E-state index in [2.05, 4.69) is 5.32 Å². The van der Waals surface area contributed by atoms with Crippen LogP contribution in [0.25, 0.3) is 0 Å². The highest BCUT2D eigenvalue weighted by atomic mass is 35.5. The zero-order valence-electron chi connectivity index (χ0n) is 8.27. The molecule has 1 amide bonds. The molecule has 1 aromatic carbocycles. The van der Waals surface area contributed by atoms with Crippen LogP contribution >= 0.6 is 11.6 Å². The highest BCUT2D eigenvalue weighted by Gasteiger charge is 2.14. The van der Waals surface area contributed by atoms with E-state index in [9.17, 15) is 13.6 Å². The Labute approximate surface area is 96.0 Å². The van der Waals surface area contributed by atoms with Gasteiger partial charge in [0.25, 0.3) is 5.91 Å². The monoisotopic (exact) mass is 249 g/mol. The maximum absolute atomic E-state index is 12.9. The van der Waals surface area contributed by atoms with E-state index in [0.29, 0.717) is 6.42 Å². The smallest absolute Gasteiger partial charge is 0.252 e. The fourth-order valence-corrected chi connectivity index (χ4v) is 1.31. The average molecular weight is 250 g/mol. The molecule has 1 aromatic rings. The maximum atomic E-state index is 12.9. The fourth-order valence-electron chi connectivity index (χ4n) is 1.07. The van der Waals surface area contributed by atoms with Crippen molar-refractivity contribution in [3.63, 3.8) is 0 Å². The minimum Gasteiger partial charge on any atom is -0.396 e. The minimum absolute atomic E-state index is 0.0637. The molecular weight excluding hydrogens is 240 g/mol. The molecule has 2 N–H and O–H groups in total. The molecule has 0 aliphatic carbocycles. The molecule has 1 rings (SSSR count). The first kappa shape index (κ1) is 12.9. The Kier molecular flexibility index (Phi) is 4.64. The minimum atomic E-state index is -1.13. The molecule has 88 valence electrons.